The molecule has 183 valence electrons. The number of aryl methyl sites for hydroxylation is 1. The Balaban J connectivity index is 0.000000582. The molecule has 7 rings (SSSR count). The van der Waals surface area contributed by atoms with Gasteiger partial charge in [-0.05, 0) is 44.5 Å². The van der Waals surface area contributed by atoms with Crippen LogP contribution in [0.3, 0.4) is 0 Å². The summed E-state index contributed by atoms with van der Waals surface area (Å²) >= 11 is 0. The minimum atomic E-state index is 0. The molecule has 0 saturated heterocycles. The van der Waals surface area contributed by atoms with Gasteiger partial charge in [-0.3, -0.25) is 4.98 Å². The van der Waals surface area contributed by atoms with Crippen LogP contribution in [-0.2, 0) is 27.2 Å². The molecule has 0 bridgehead atoms. The molecule has 0 aliphatic heterocycles. The van der Waals surface area contributed by atoms with E-state index in [0.29, 0.717) is 0 Å². The van der Waals surface area contributed by atoms with Gasteiger partial charge in [0.15, 0.2) is 0 Å². The number of aliphatic hydroxyl groups excluding tert-OH is 2. The minimum Gasteiger partial charge on any atom is -0.501 e. The van der Waals surface area contributed by atoms with E-state index in [-0.39, 0.29) is 20.1 Å². The zero-order chi connectivity index (χ0) is 24.5. The zero-order valence-corrected chi connectivity index (χ0v) is 22.5. The summed E-state index contributed by atoms with van der Waals surface area (Å²) in [5.41, 5.74) is 2.61. The molecule has 0 amide bonds. The third-order valence-electron chi connectivity index (χ3n) is 6.34. The van der Waals surface area contributed by atoms with Crippen molar-refractivity contribution in [3.8, 4) is 11.4 Å². The summed E-state index contributed by atoms with van der Waals surface area (Å²) < 4.78 is 8.44. The van der Waals surface area contributed by atoms with Gasteiger partial charge in [0, 0.05) is 59.2 Å². The van der Waals surface area contributed by atoms with E-state index in [4.69, 9.17) is 14.6 Å². The van der Waals surface area contributed by atoms with Crippen LogP contribution in [0.1, 0.15) is 0 Å². The van der Waals surface area contributed by atoms with Gasteiger partial charge in [-0.15, -0.1) is 18.2 Å². The summed E-state index contributed by atoms with van der Waals surface area (Å²) in [7, 11) is 3.99. The van der Waals surface area contributed by atoms with Crippen molar-refractivity contribution in [2.24, 2.45) is 7.05 Å². The Bertz CT molecular complexity index is 1820. The maximum Gasteiger partial charge on any atom is 0.121 e. The number of aliphatic hydroxyl groups is 2. The smallest absolute Gasteiger partial charge is 0.121 e. The average molecular weight is 654 g/mol. The number of fused-ring (bicyclic) bond motifs is 9. The van der Waals surface area contributed by atoms with Crippen LogP contribution in [0.4, 0.5) is 0 Å². The number of aromatic nitrogens is 2. The van der Waals surface area contributed by atoms with Gasteiger partial charge in [0.1, 0.15) is 5.58 Å². The molecule has 0 atom stereocenters. The third kappa shape index (κ3) is 3.89. The van der Waals surface area contributed by atoms with Crippen LogP contribution >= 0.6 is 0 Å². The van der Waals surface area contributed by atoms with Gasteiger partial charge >= 0.3 is 0 Å². The van der Waals surface area contributed by atoms with Gasteiger partial charge < -0.3 is 19.2 Å². The largest absolute Gasteiger partial charge is 0.501 e. The van der Waals surface area contributed by atoms with Crippen molar-refractivity contribution in [3.05, 3.63) is 91.3 Å². The fourth-order valence-electron chi connectivity index (χ4n) is 4.91. The second-order valence-electron chi connectivity index (χ2n) is 8.04. The van der Waals surface area contributed by atoms with Crippen LogP contribution in [0.25, 0.3) is 65.6 Å². The number of nitrogens with zero attached hydrogens (tertiary/aromatic N) is 2. The Hall–Kier alpha value is -3.54. The predicted molar refractivity (Wildman–Crippen MR) is 144 cm³/mol. The fraction of sp³-hybridized carbons (Fsp3) is 0.100. The average Bonchev–Trinajstić information content (AvgIpc) is 3.53. The zero-order valence-electron chi connectivity index (χ0n) is 20.1. The normalized spacial score (nSPS) is 10.7. The van der Waals surface area contributed by atoms with E-state index in [0.717, 1.165) is 47.5 Å². The molecule has 5 aromatic carbocycles. The van der Waals surface area contributed by atoms with Gasteiger partial charge in [-0.2, -0.15) is 0 Å². The molecule has 2 N–H and O–H groups in total. The fourth-order valence-corrected chi connectivity index (χ4v) is 4.91. The van der Waals surface area contributed by atoms with Crippen molar-refractivity contribution in [1.82, 2.24) is 9.55 Å². The minimum absolute atomic E-state index is 0. The molecule has 2 aromatic heterocycles. The quantitative estimate of drug-likeness (QED) is 0.158. The van der Waals surface area contributed by atoms with E-state index in [2.05, 4.69) is 77.8 Å². The van der Waals surface area contributed by atoms with Crippen molar-refractivity contribution in [2.45, 2.75) is 0 Å². The second kappa shape index (κ2) is 10.6. The molecule has 2 heterocycles. The molecule has 1 radical (unpaired) electrons. The van der Waals surface area contributed by atoms with Crippen LogP contribution in [0.2, 0.25) is 0 Å². The predicted octanol–water partition coefficient (Wildman–Crippen LogP) is 6.46. The number of imidazole rings is 1. The van der Waals surface area contributed by atoms with Crippen LogP contribution in [0, 0.1) is 6.07 Å². The summed E-state index contributed by atoms with van der Waals surface area (Å²) in [4.78, 5) is 4.51. The maximum atomic E-state index is 7.00. The molecule has 0 unspecified atom stereocenters. The summed E-state index contributed by atoms with van der Waals surface area (Å²) in [6.45, 7) is 0. The second-order valence-corrected chi connectivity index (χ2v) is 8.04. The number of hydrogen-bond donors (Lipinski definition) is 2. The summed E-state index contributed by atoms with van der Waals surface area (Å²) in [6, 6.07) is 29.1. The van der Waals surface area contributed by atoms with Crippen LogP contribution < -0.4 is 0 Å². The van der Waals surface area contributed by atoms with Crippen LogP contribution in [-0.4, -0.2) is 34.0 Å². The third-order valence-corrected chi connectivity index (χ3v) is 6.34. The molecule has 0 saturated carbocycles. The van der Waals surface area contributed by atoms with E-state index < -0.39 is 0 Å². The Labute approximate surface area is 222 Å². The first-order valence-electron chi connectivity index (χ1n) is 11.3. The monoisotopic (exact) mass is 654 g/mol. The number of hydrogen-bond acceptors (Lipinski definition) is 4. The summed E-state index contributed by atoms with van der Waals surface area (Å²) in [6.07, 6.45) is 3.74. The Kier molecular flexibility index (Phi) is 7.53. The van der Waals surface area contributed by atoms with Gasteiger partial charge in [0.25, 0.3) is 0 Å². The Morgan fingerprint density at radius 3 is 1.83 bits per heavy atom. The summed E-state index contributed by atoms with van der Waals surface area (Å²) in [5, 5.41) is 23.7. The number of rotatable bonds is 1. The van der Waals surface area contributed by atoms with Crippen molar-refractivity contribution < 1.29 is 34.7 Å². The van der Waals surface area contributed by atoms with Gasteiger partial charge in [-0.25, -0.2) is 0 Å². The summed E-state index contributed by atoms with van der Waals surface area (Å²) in [5.74, 6) is 0.852. The first kappa shape index (κ1) is 25.5. The van der Waals surface area contributed by atoms with E-state index in [9.17, 15) is 0 Å². The van der Waals surface area contributed by atoms with Crippen molar-refractivity contribution in [1.29, 1.82) is 0 Å². The van der Waals surface area contributed by atoms with E-state index >= 15 is 0 Å². The molecule has 36 heavy (non-hydrogen) atoms. The molecule has 6 heteroatoms. The maximum absolute atomic E-state index is 7.00. The Morgan fingerprint density at radius 2 is 1.28 bits per heavy atom. The SMILES string of the molecule is CO.CO.Cn1ccnc1-c1[c-]ccc2c1oc1cc3c4ccccc4c4ccccc4c3cc12.[Ir]. The van der Waals surface area contributed by atoms with Crippen LogP contribution in [0.5, 0.6) is 0 Å². The standard InChI is InChI=1S/C28H17N2O.2CH4O.Ir/c1-30-14-13-29-28(30)22-12-6-11-21-25-15-23-19-9-4-2-7-17(19)18-8-3-5-10-20(18)24(23)16-26(25)31-27(21)22;2*1-2;/h2-11,13-16H,1H3;2*2H,1H3;/q-1;;;. The molecule has 0 aliphatic rings. The van der Waals surface area contributed by atoms with Crippen LogP contribution in [0.15, 0.2) is 89.6 Å². The first-order valence-corrected chi connectivity index (χ1v) is 11.3. The molecule has 0 aliphatic carbocycles. The van der Waals surface area contributed by atoms with Gasteiger partial charge in [-0.1, -0.05) is 59.5 Å². The van der Waals surface area contributed by atoms with E-state index in [1.807, 2.05) is 23.9 Å². The number of benzene rings is 5. The van der Waals surface area contributed by atoms with Crippen molar-refractivity contribution in [3.63, 3.8) is 0 Å². The number of furan rings is 1. The van der Waals surface area contributed by atoms with E-state index in [1.165, 1.54) is 32.3 Å². The Morgan fingerprint density at radius 1 is 0.722 bits per heavy atom. The molecular formula is C30H25IrN2O3-. The van der Waals surface area contributed by atoms with E-state index in [1.54, 1.807) is 6.20 Å². The molecule has 5 nitrogen and oxygen atoms in total. The van der Waals surface area contributed by atoms with Gasteiger partial charge in [0.2, 0.25) is 0 Å². The molecular weight excluding hydrogens is 629 g/mol. The van der Waals surface area contributed by atoms with Crippen molar-refractivity contribution >= 4 is 54.3 Å². The first-order chi connectivity index (χ1) is 17.3. The van der Waals surface area contributed by atoms with Crippen molar-refractivity contribution in [2.75, 3.05) is 14.2 Å². The molecule has 7 aromatic rings. The van der Waals surface area contributed by atoms with Gasteiger partial charge in [0.05, 0.1) is 11.4 Å². The molecule has 0 spiro atoms. The molecule has 0 fully saturated rings. The topological polar surface area (TPSA) is 71.4 Å².